The third kappa shape index (κ3) is 6.15. The molecule has 0 saturated carbocycles. The largest absolute Gasteiger partial charge is 0.478 e. The number of benzene rings is 2. The van der Waals surface area contributed by atoms with E-state index in [1.807, 2.05) is 0 Å². The maximum atomic E-state index is 15.5. The zero-order valence-electron chi connectivity index (χ0n) is 22.8. The molecule has 9 nitrogen and oxygen atoms in total. The highest BCUT2D eigenvalue weighted by Gasteiger charge is 2.33. The van der Waals surface area contributed by atoms with Crippen molar-refractivity contribution in [3.8, 4) is 17.1 Å². The lowest BCUT2D eigenvalue weighted by Crippen LogP contribution is -2.35. The van der Waals surface area contributed by atoms with Gasteiger partial charge >= 0.3 is 12.1 Å². The van der Waals surface area contributed by atoms with Crippen LogP contribution >= 0.6 is 22.9 Å². The number of carbonyl (C=O) groups is 1. The van der Waals surface area contributed by atoms with Crippen LogP contribution in [0.3, 0.4) is 0 Å². The second-order valence-electron chi connectivity index (χ2n) is 10.1. The van der Waals surface area contributed by atoms with E-state index in [-0.39, 0.29) is 68.5 Å². The number of ether oxygens (including phenoxy) is 2. The molecule has 0 unspecified atom stereocenters. The predicted octanol–water partition coefficient (Wildman–Crippen LogP) is 6.39. The Balaban J connectivity index is 1.29. The fourth-order valence-electron chi connectivity index (χ4n) is 4.83. The van der Waals surface area contributed by atoms with Gasteiger partial charge in [0.05, 0.1) is 52.6 Å². The van der Waals surface area contributed by atoms with Gasteiger partial charge in [-0.2, -0.15) is 13.2 Å². The van der Waals surface area contributed by atoms with Gasteiger partial charge in [-0.05, 0) is 36.8 Å². The third-order valence-corrected chi connectivity index (χ3v) is 8.45. The average molecular weight is 667 g/mol. The van der Waals surface area contributed by atoms with E-state index >= 15 is 8.78 Å². The molecule has 1 fully saturated rings. The van der Waals surface area contributed by atoms with Crippen molar-refractivity contribution < 1.29 is 41.3 Å². The number of alkyl halides is 3. The molecule has 2 aromatic carbocycles. The fraction of sp³-hybridized carbons (Fsp3) is 0.241. The summed E-state index contributed by atoms with van der Waals surface area (Å²) in [6.45, 7) is -0.0673. The van der Waals surface area contributed by atoms with Crippen LogP contribution < -0.4 is 10.3 Å². The molecule has 0 amide bonds. The predicted molar refractivity (Wildman–Crippen MR) is 153 cm³/mol. The van der Waals surface area contributed by atoms with Crippen molar-refractivity contribution in [1.29, 1.82) is 0 Å². The smallest absolute Gasteiger partial charge is 0.427 e. The van der Waals surface area contributed by atoms with E-state index in [1.165, 1.54) is 28.9 Å². The summed E-state index contributed by atoms with van der Waals surface area (Å²) in [7, 11) is 0. The van der Waals surface area contributed by atoms with Crippen molar-refractivity contribution in [2.45, 2.75) is 38.4 Å². The lowest BCUT2D eigenvalue weighted by Gasteiger charge is -2.28. The van der Waals surface area contributed by atoms with Gasteiger partial charge in [0.2, 0.25) is 5.88 Å². The minimum Gasteiger partial charge on any atom is -0.478 e. The number of hydrogen-bond acceptors (Lipinski definition) is 7. The molecule has 16 heteroatoms. The lowest BCUT2D eigenvalue weighted by molar-refractivity contribution is -0.134. The normalized spacial score (nSPS) is 14.9. The topological polar surface area (TPSA) is 108 Å². The molecule has 45 heavy (non-hydrogen) atoms. The summed E-state index contributed by atoms with van der Waals surface area (Å²) in [4.78, 5) is 32.1. The quantitative estimate of drug-likeness (QED) is 0.182. The van der Waals surface area contributed by atoms with E-state index in [2.05, 4.69) is 9.97 Å². The van der Waals surface area contributed by atoms with Gasteiger partial charge in [-0.3, -0.25) is 9.48 Å². The molecule has 1 aliphatic rings. The molecule has 1 aliphatic heterocycles. The Bertz CT molecular complexity index is 2000. The molecule has 5 aromatic rings. The van der Waals surface area contributed by atoms with Crippen molar-refractivity contribution in [3.63, 3.8) is 0 Å². The third-order valence-electron chi connectivity index (χ3n) is 7.14. The maximum Gasteiger partial charge on any atom is 0.427 e. The molecule has 6 rings (SSSR count). The van der Waals surface area contributed by atoms with Gasteiger partial charge in [0.15, 0.2) is 0 Å². The number of rotatable bonds is 9. The minimum absolute atomic E-state index is 0.00744. The number of thiazole rings is 1. The van der Waals surface area contributed by atoms with Crippen LogP contribution in [0.4, 0.5) is 22.0 Å². The van der Waals surface area contributed by atoms with Gasteiger partial charge < -0.3 is 14.6 Å². The second-order valence-corrected chi connectivity index (χ2v) is 11.6. The molecule has 0 radical (unpaired) electrons. The van der Waals surface area contributed by atoms with Crippen molar-refractivity contribution in [2.75, 3.05) is 6.61 Å². The molecule has 0 bridgehead atoms. The van der Waals surface area contributed by atoms with Gasteiger partial charge in [0.1, 0.15) is 28.1 Å². The van der Waals surface area contributed by atoms with Crippen LogP contribution in [0.25, 0.3) is 22.2 Å². The molecule has 0 spiro atoms. The van der Waals surface area contributed by atoms with Crippen LogP contribution in [-0.4, -0.2) is 43.1 Å². The van der Waals surface area contributed by atoms with Gasteiger partial charge in [-0.25, -0.2) is 28.2 Å². The van der Waals surface area contributed by atoms with Gasteiger partial charge in [0, 0.05) is 23.8 Å². The van der Waals surface area contributed by atoms with Crippen LogP contribution in [0.15, 0.2) is 53.5 Å². The first-order valence-electron chi connectivity index (χ1n) is 13.3. The van der Waals surface area contributed by atoms with Crippen molar-refractivity contribution >= 4 is 39.8 Å². The summed E-state index contributed by atoms with van der Waals surface area (Å²) in [5, 5.41) is 9.49. The zero-order chi connectivity index (χ0) is 32.0. The maximum absolute atomic E-state index is 15.5. The molecule has 234 valence electrons. The lowest BCUT2D eigenvalue weighted by atomic mass is 10.1. The van der Waals surface area contributed by atoms with Crippen molar-refractivity contribution in [2.24, 2.45) is 0 Å². The number of carboxylic acids is 1. The Morgan fingerprint density at radius 2 is 1.93 bits per heavy atom. The van der Waals surface area contributed by atoms with Crippen LogP contribution in [0.5, 0.6) is 5.88 Å². The zero-order valence-corrected chi connectivity index (χ0v) is 24.3. The van der Waals surface area contributed by atoms with Crippen molar-refractivity contribution in [1.82, 2.24) is 19.3 Å². The fourth-order valence-corrected chi connectivity index (χ4v) is 5.82. The molecule has 0 aliphatic carbocycles. The summed E-state index contributed by atoms with van der Waals surface area (Å²) in [6.07, 6.45) is -3.42. The van der Waals surface area contributed by atoms with Crippen molar-refractivity contribution in [3.05, 3.63) is 96.7 Å². The SMILES string of the molecule is O=C(O)c1cc(Cl)c2c(=O)n(Cc3cc(F)c(-c4cccc(OCc5ncc(C(F)(F)F)s5)n4)cc3F)n(C[C@@H]3CCO3)c2c1. The number of halogens is 6. The minimum atomic E-state index is -4.53. The number of carboxylic acid groups (broad SMARTS) is 1. The Morgan fingerprint density at radius 1 is 1.16 bits per heavy atom. The summed E-state index contributed by atoms with van der Waals surface area (Å²) in [5.41, 5.74) is -0.961. The van der Waals surface area contributed by atoms with Crippen LogP contribution in [0.2, 0.25) is 5.02 Å². The Labute approximate surface area is 259 Å². The number of aromatic nitrogens is 4. The Morgan fingerprint density at radius 3 is 2.60 bits per heavy atom. The van der Waals surface area contributed by atoms with Gasteiger partial charge in [-0.15, -0.1) is 11.3 Å². The first-order valence-corrected chi connectivity index (χ1v) is 14.5. The average Bonchev–Trinajstić information content (AvgIpc) is 3.55. The number of aromatic carboxylic acids is 1. The standard InChI is InChI=1S/C29H20ClF5N4O5S/c30-18-6-14(28(41)42)8-22-26(18)27(40)39(38(22)12-16-4-5-43-16)11-15-7-20(32)17(9-19(15)31)21-2-1-3-24(37-21)44-13-25-36-10-23(45-25)29(33,34)35/h1-3,6-10,16H,4-5,11-13H2,(H,41,42)/t16-/m0/s1. The number of hydrogen-bond donors (Lipinski definition) is 1. The summed E-state index contributed by atoms with van der Waals surface area (Å²) >= 11 is 6.71. The molecule has 1 atom stereocenters. The summed E-state index contributed by atoms with van der Waals surface area (Å²) in [6, 6.07) is 8.55. The first kappa shape index (κ1) is 30.7. The molecule has 3 aromatic heterocycles. The Hall–Kier alpha value is -4.34. The second kappa shape index (κ2) is 11.9. The van der Waals surface area contributed by atoms with Crippen LogP contribution in [0, 0.1) is 11.6 Å². The van der Waals surface area contributed by atoms with E-state index in [0.29, 0.717) is 30.6 Å². The van der Waals surface area contributed by atoms with E-state index in [4.69, 9.17) is 21.1 Å². The van der Waals surface area contributed by atoms with E-state index in [9.17, 15) is 27.9 Å². The Kier molecular flexibility index (Phi) is 8.09. The molecule has 1 saturated heterocycles. The highest BCUT2D eigenvalue weighted by Crippen LogP contribution is 2.34. The number of pyridine rings is 1. The highest BCUT2D eigenvalue weighted by atomic mass is 35.5. The molecule has 1 N–H and O–H groups in total. The number of fused-ring (bicyclic) bond motifs is 1. The monoisotopic (exact) mass is 666 g/mol. The first-order chi connectivity index (χ1) is 21.4. The molecular weight excluding hydrogens is 647 g/mol. The molecule has 4 heterocycles. The van der Waals surface area contributed by atoms with Crippen LogP contribution in [0.1, 0.15) is 32.2 Å². The number of nitrogens with zero attached hydrogens (tertiary/aromatic N) is 4. The summed E-state index contributed by atoms with van der Waals surface area (Å²) < 4.78 is 83.0. The van der Waals surface area contributed by atoms with Gasteiger partial charge in [0.25, 0.3) is 5.56 Å². The van der Waals surface area contributed by atoms with Crippen LogP contribution in [-0.2, 0) is 30.6 Å². The van der Waals surface area contributed by atoms with E-state index in [0.717, 1.165) is 22.9 Å². The van der Waals surface area contributed by atoms with E-state index < -0.39 is 40.8 Å². The van der Waals surface area contributed by atoms with Gasteiger partial charge in [-0.1, -0.05) is 17.7 Å². The van der Waals surface area contributed by atoms with E-state index in [1.54, 1.807) is 0 Å². The highest BCUT2D eigenvalue weighted by molar-refractivity contribution is 7.11. The molecular formula is C29H20ClF5N4O5S. The summed E-state index contributed by atoms with van der Waals surface area (Å²) in [5.74, 6) is -3.03.